The van der Waals surface area contributed by atoms with Crippen LogP contribution in [0.5, 0.6) is 0 Å². The van der Waals surface area contributed by atoms with Crippen molar-refractivity contribution in [2.75, 3.05) is 13.2 Å². The number of fused-ring (bicyclic) bond motifs is 1. The molecule has 1 saturated heterocycles. The molecule has 9 heteroatoms. The number of hydrogen-bond donors (Lipinski definition) is 2. The van der Waals surface area contributed by atoms with Crippen molar-refractivity contribution in [3.8, 4) is 0 Å². The summed E-state index contributed by atoms with van der Waals surface area (Å²) in [6.45, 7) is 6.57. The minimum absolute atomic E-state index is 0. The van der Waals surface area contributed by atoms with Crippen molar-refractivity contribution in [3.05, 3.63) is 47.2 Å². The van der Waals surface area contributed by atoms with Crippen LogP contribution in [-0.4, -0.2) is 40.0 Å². The van der Waals surface area contributed by atoms with E-state index in [1.165, 1.54) is 0 Å². The fraction of sp³-hybridized carbons (Fsp3) is 0.476. The van der Waals surface area contributed by atoms with Gasteiger partial charge in [-0.2, -0.15) is 0 Å². The Hall–Kier alpha value is -2.14. The average molecular weight is 524 g/mol. The number of furan rings is 1. The smallest absolute Gasteiger partial charge is 0.192 e. The van der Waals surface area contributed by atoms with Crippen LogP contribution in [0.4, 0.5) is 0 Å². The maximum atomic E-state index is 6.02. The van der Waals surface area contributed by atoms with Crippen molar-refractivity contribution in [1.82, 2.24) is 25.4 Å². The minimum atomic E-state index is 0. The fourth-order valence-corrected chi connectivity index (χ4v) is 3.49. The Morgan fingerprint density at radius 2 is 2.07 bits per heavy atom. The number of aromatic nitrogens is 3. The van der Waals surface area contributed by atoms with Gasteiger partial charge < -0.3 is 24.4 Å². The molecule has 0 aliphatic carbocycles. The Morgan fingerprint density at radius 1 is 1.23 bits per heavy atom. The number of aliphatic imine (C=N–C) groups is 1. The van der Waals surface area contributed by atoms with Gasteiger partial charge in [-0.3, -0.25) is 0 Å². The van der Waals surface area contributed by atoms with Gasteiger partial charge >= 0.3 is 0 Å². The molecule has 4 rings (SSSR count). The summed E-state index contributed by atoms with van der Waals surface area (Å²) in [7, 11) is 1.95. The van der Waals surface area contributed by atoms with Crippen molar-refractivity contribution in [2.45, 2.75) is 45.9 Å². The first kappa shape index (κ1) is 22.5. The number of rotatable bonds is 6. The molecular weight excluding hydrogens is 495 g/mol. The highest BCUT2D eigenvalue weighted by Crippen LogP contribution is 2.24. The maximum absolute atomic E-state index is 6.02. The Kier molecular flexibility index (Phi) is 7.70. The predicted molar refractivity (Wildman–Crippen MR) is 127 cm³/mol. The predicted octanol–water partition coefficient (Wildman–Crippen LogP) is 3.21. The third-order valence-electron chi connectivity index (χ3n) is 5.44. The zero-order valence-electron chi connectivity index (χ0n) is 17.6. The van der Waals surface area contributed by atoms with Crippen LogP contribution < -0.4 is 10.6 Å². The maximum Gasteiger partial charge on any atom is 0.192 e. The molecule has 1 fully saturated rings. The highest BCUT2D eigenvalue weighted by Gasteiger charge is 2.16. The van der Waals surface area contributed by atoms with Crippen LogP contribution in [0, 0.1) is 13.8 Å². The van der Waals surface area contributed by atoms with E-state index in [1.807, 2.05) is 36.7 Å². The third kappa shape index (κ3) is 5.12. The lowest BCUT2D eigenvalue weighted by molar-refractivity contribution is 0.113. The Labute approximate surface area is 193 Å². The quantitative estimate of drug-likeness (QED) is 0.293. The molecule has 1 unspecified atom stereocenters. The molecule has 1 aliphatic heterocycles. The molecular formula is C21H29IN6O2. The van der Waals surface area contributed by atoms with Crippen LogP contribution in [0.1, 0.15) is 35.8 Å². The summed E-state index contributed by atoms with van der Waals surface area (Å²) in [5, 5.41) is 16.2. The lowest BCUT2D eigenvalue weighted by Gasteiger charge is -2.15. The number of ether oxygens (including phenoxy) is 1. The molecule has 0 bridgehead atoms. The standard InChI is InChI=1S/C21H28N6O2.HI/c1-14-17-8-4-5-9-18(17)29-19(14)12-23-21(22-11-16-7-6-10-28-16)24-13-20-26-25-15(2)27(20)3;/h4-5,8-9,16H,6-7,10-13H2,1-3H3,(H2,22,23,24);1H. The summed E-state index contributed by atoms with van der Waals surface area (Å²) in [6, 6.07) is 8.09. The number of guanidine groups is 1. The summed E-state index contributed by atoms with van der Waals surface area (Å²) < 4.78 is 13.7. The lowest BCUT2D eigenvalue weighted by Crippen LogP contribution is -2.41. The third-order valence-corrected chi connectivity index (χ3v) is 5.44. The first-order chi connectivity index (χ1) is 14.1. The van der Waals surface area contributed by atoms with Crippen molar-refractivity contribution in [1.29, 1.82) is 0 Å². The van der Waals surface area contributed by atoms with Crippen LogP contribution in [0.15, 0.2) is 33.7 Å². The second-order valence-electron chi connectivity index (χ2n) is 7.40. The Balaban J connectivity index is 0.00000256. The van der Waals surface area contributed by atoms with Crippen LogP contribution in [0.2, 0.25) is 0 Å². The largest absolute Gasteiger partial charge is 0.459 e. The van der Waals surface area contributed by atoms with Gasteiger partial charge in [-0.15, -0.1) is 34.2 Å². The SMILES string of the molecule is Cc1c(CNC(=NCc2nnc(C)n2C)NCC2CCCO2)oc2ccccc12.I. The minimum Gasteiger partial charge on any atom is -0.459 e. The molecule has 0 amide bonds. The summed E-state index contributed by atoms with van der Waals surface area (Å²) in [5.41, 5.74) is 2.05. The zero-order valence-corrected chi connectivity index (χ0v) is 20.0. The molecule has 1 aromatic carbocycles. The number of benzene rings is 1. The molecule has 162 valence electrons. The molecule has 2 N–H and O–H groups in total. The normalized spacial score (nSPS) is 16.6. The second-order valence-corrected chi connectivity index (χ2v) is 7.40. The summed E-state index contributed by atoms with van der Waals surface area (Å²) in [6.07, 6.45) is 2.42. The summed E-state index contributed by atoms with van der Waals surface area (Å²) in [4.78, 5) is 4.70. The highest BCUT2D eigenvalue weighted by molar-refractivity contribution is 14.0. The van der Waals surface area contributed by atoms with Gasteiger partial charge in [0, 0.05) is 31.1 Å². The zero-order chi connectivity index (χ0) is 20.2. The molecule has 2 aromatic heterocycles. The highest BCUT2D eigenvalue weighted by atomic mass is 127. The van der Waals surface area contributed by atoms with Crippen molar-refractivity contribution in [3.63, 3.8) is 0 Å². The molecule has 30 heavy (non-hydrogen) atoms. The van der Waals surface area contributed by atoms with Gasteiger partial charge in [0.25, 0.3) is 0 Å². The molecule has 1 atom stereocenters. The molecule has 8 nitrogen and oxygen atoms in total. The van der Waals surface area contributed by atoms with Gasteiger partial charge in [-0.1, -0.05) is 18.2 Å². The van der Waals surface area contributed by atoms with Gasteiger partial charge in [0.1, 0.15) is 23.7 Å². The van der Waals surface area contributed by atoms with E-state index in [0.29, 0.717) is 19.0 Å². The van der Waals surface area contributed by atoms with Gasteiger partial charge in [-0.25, -0.2) is 4.99 Å². The average Bonchev–Trinajstić information content (AvgIpc) is 3.44. The molecule has 0 saturated carbocycles. The van der Waals surface area contributed by atoms with Gasteiger partial charge in [0.05, 0.1) is 12.6 Å². The monoisotopic (exact) mass is 524 g/mol. The van der Waals surface area contributed by atoms with Gasteiger partial charge in [-0.05, 0) is 32.8 Å². The first-order valence-corrected chi connectivity index (χ1v) is 10.1. The van der Waals surface area contributed by atoms with E-state index in [0.717, 1.165) is 59.9 Å². The van der Waals surface area contributed by atoms with Crippen LogP contribution >= 0.6 is 24.0 Å². The van der Waals surface area contributed by atoms with Crippen molar-refractivity contribution >= 4 is 40.9 Å². The molecule has 0 spiro atoms. The summed E-state index contributed by atoms with van der Waals surface area (Å²) in [5.74, 6) is 3.31. The van der Waals surface area contributed by atoms with E-state index < -0.39 is 0 Å². The van der Waals surface area contributed by atoms with Crippen molar-refractivity contribution < 1.29 is 9.15 Å². The van der Waals surface area contributed by atoms with Gasteiger partial charge in [0.2, 0.25) is 0 Å². The number of aryl methyl sites for hydroxylation is 2. The summed E-state index contributed by atoms with van der Waals surface area (Å²) >= 11 is 0. The molecule has 0 radical (unpaired) electrons. The fourth-order valence-electron chi connectivity index (χ4n) is 3.49. The van der Waals surface area contributed by atoms with E-state index in [1.54, 1.807) is 0 Å². The first-order valence-electron chi connectivity index (χ1n) is 10.1. The number of para-hydroxylation sites is 1. The van der Waals surface area contributed by atoms with Gasteiger partial charge in [0.15, 0.2) is 11.8 Å². The lowest BCUT2D eigenvalue weighted by atomic mass is 10.1. The number of hydrogen-bond acceptors (Lipinski definition) is 5. The Bertz CT molecular complexity index is 1010. The topological polar surface area (TPSA) is 89.5 Å². The molecule has 1 aliphatic rings. The van der Waals surface area contributed by atoms with Crippen LogP contribution in [-0.2, 0) is 24.9 Å². The number of nitrogens with one attached hydrogen (secondary N) is 2. The van der Waals surface area contributed by atoms with Crippen LogP contribution in [0.25, 0.3) is 11.0 Å². The number of halogens is 1. The van der Waals surface area contributed by atoms with E-state index in [-0.39, 0.29) is 30.1 Å². The number of nitrogens with zero attached hydrogens (tertiary/aromatic N) is 4. The van der Waals surface area contributed by atoms with Crippen LogP contribution in [0.3, 0.4) is 0 Å². The second kappa shape index (κ2) is 10.3. The Morgan fingerprint density at radius 3 is 2.77 bits per heavy atom. The van der Waals surface area contributed by atoms with E-state index in [4.69, 9.17) is 14.1 Å². The van der Waals surface area contributed by atoms with E-state index >= 15 is 0 Å². The molecule has 3 aromatic rings. The molecule has 3 heterocycles. The van der Waals surface area contributed by atoms with E-state index in [9.17, 15) is 0 Å². The van der Waals surface area contributed by atoms with E-state index in [2.05, 4.69) is 33.8 Å². The van der Waals surface area contributed by atoms with Crippen molar-refractivity contribution in [2.24, 2.45) is 12.0 Å².